The van der Waals surface area contributed by atoms with Crippen LogP contribution in [0, 0.1) is 26.6 Å². The molecule has 0 fully saturated rings. The van der Waals surface area contributed by atoms with Gasteiger partial charge in [0.05, 0.1) is 11.4 Å². The highest BCUT2D eigenvalue weighted by atomic mass is 19.1. The fourth-order valence-electron chi connectivity index (χ4n) is 3.72. The molecule has 0 spiro atoms. The summed E-state index contributed by atoms with van der Waals surface area (Å²) >= 11 is 0. The van der Waals surface area contributed by atoms with Crippen LogP contribution < -0.4 is 10.1 Å². The van der Waals surface area contributed by atoms with Crippen LogP contribution in [0.25, 0.3) is 5.69 Å². The van der Waals surface area contributed by atoms with Crippen LogP contribution in [0.15, 0.2) is 72.8 Å². The van der Waals surface area contributed by atoms with E-state index in [4.69, 9.17) is 9.84 Å². The molecule has 3 aromatic carbocycles. The lowest BCUT2D eigenvalue weighted by Gasteiger charge is -2.13. The van der Waals surface area contributed by atoms with Crippen LogP contribution in [-0.4, -0.2) is 15.7 Å². The van der Waals surface area contributed by atoms with Gasteiger partial charge in [-0.05, 0) is 68.7 Å². The minimum absolute atomic E-state index is 0.0969. The monoisotopic (exact) mass is 443 g/mol. The van der Waals surface area contributed by atoms with E-state index in [1.807, 2.05) is 69.3 Å². The molecule has 1 heterocycles. The largest absolute Gasteiger partial charge is 0.439 e. The summed E-state index contributed by atoms with van der Waals surface area (Å²) < 4.78 is 21.7. The summed E-state index contributed by atoms with van der Waals surface area (Å²) in [5.41, 5.74) is 5.29. The zero-order valence-corrected chi connectivity index (χ0v) is 18.9. The molecular weight excluding hydrogens is 417 g/mol. The molecule has 0 aliphatic rings. The first-order chi connectivity index (χ1) is 15.9. The van der Waals surface area contributed by atoms with Crippen LogP contribution in [0.3, 0.4) is 0 Å². The van der Waals surface area contributed by atoms with Gasteiger partial charge in [-0.25, -0.2) is 4.39 Å². The number of aromatic nitrogens is 2. The second-order valence-electron chi connectivity index (χ2n) is 8.04. The molecule has 0 unspecified atom stereocenters. The van der Waals surface area contributed by atoms with Crippen molar-refractivity contribution < 1.29 is 13.9 Å². The molecule has 0 saturated heterocycles. The molecule has 4 rings (SSSR count). The number of hydrogen-bond donors (Lipinski definition) is 1. The molecule has 1 N–H and O–H groups in total. The van der Waals surface area contributed by atoms with Crippen LogP contribution in [0.1, 0.15) is 28.8 Å². The minimum Gasteiger partial charge on any atom is -0.439 e. The van der Waals surface area contributed by atoms with Gasteiger partial charge >= 0.3 is 0 Å². The van der Waals surface area contributed by atoms with Gasteiger partial charge in [0.15, 0.2) is 0 Å². The van der Waals surface area contributed by atoms with E-state index in [9.17, 15) is 9.18 Å². The normalized spacial score (nSPS) is 10.8. The standard InChI is InChI=1S/C27H26FN3O2/c1-18-8-6-11-22(16-18)29-26(32)15-14-24-20(3)30-31(25-13-5-4-9-19(25)2)27(24)33-23-12-7-10-21(28)17-23/h4-13,16-17H,14-15H2,1-3H3,(H,29,32). The van der Waals surface area contributed by atoms with E-state index < -0.39 is 0 Å². The summed E-state index contributed by atoms with van der Waals surface area (Å²) in [7, 11) is 0. The first kappa shape index (κ1) is 22.3. The highest BCUT2D eigenvalue weighted by Crippen LogP contribution is 2.32. The highest BCUT2D eigenvalue weighted by Gasteiger charge is 2.21. The summed E-state index contributed by atoms with van der Waals surface area (Å²) in [4.78, 5) is 12.6. The lowest BCUT2D eigenvalue weighted by atomic mass is 10.1. The summed E-state index contributed by atoms with van der Waals surface area (Å²) in [6.07, 6.45) is 0.688. The molecule has 0 saturated carbocycles. The zero-order chi connectivity index (χ0) is 23.4. The maximum Gasteiger partial charge on any atom is 0.226 e. The van der Waals surface area contributed by atoms with Crippen LogP contribution in [0.2, 0.25) is 0 Å². The van der Waals surface area contributed by atoms with Gasteiger partial charge in [-0.3, -0.25) is 4.79 Å². The number of benzene rings is 3. The number of rotatable bonds is 7. The van der Waals surface area contributed by atoms with Crippen molar-refractivity contribution in [2.24, 2.45) is 0 Å². The van der Waals surface area contributed by atoms with Crippen LogP contribution >= 0.6 is 0 Å². The van der Waals surface area contributed by atoms with Crippen LogP contribution in [0.5, 0.6) is 11.6 Å². The maximum absolute atomic E-state index is 13.8. The van der Waals surface area contributed by atoms with E-state index >= 15 is 0 Å². The zero-order valence-electron chi connectivity index (χ0n) is 18.9. The minimum atomic E-state index is -0.384. The number of aryl methyl sites for hydroxylation is 3. The van der Waals surface area contributed by atoms with Gasteiger partial charge in [0.2, 0.25) is 11.8 Å². The maximum atomic E-state index is 13.8. The lowest BCUT2D eigenvalue weighted by molar-refractivity contribution is -0.116. The highest BCUT2D eigenvalue weighted by molar-refractivity contribution is 5.90. The van der Waals surface area contributed by atoms with Gasteiger partial charge in [0, 0.05) is 23.7 Å². The number of anilines is 1. The van der Waals surface area contributed by atoms with Gasteiger partial charge in [-0.15, -0.1) is 0 Å². The molecule has 1 amide bonds. The molecule has 0 radical (unpaired) electrons. The van der Waals surface area contributed by atoms with Crippen molar-refractivity contribution in [1.29, 1.82) is 0 Å². The van der Waals surface area contributed by atoms with E-state index in [0.717, 1.165) is 33.8 Å². The first-order valence-electron chi connectivity index (χ1n) is 10.8. The van der Waals surface area contributed by atoms with E-state index in [0.29, 0.717) is 18.1 Å². The number of amides is 1. The fraction of sp³-hybridized carbons (Fsp3) is 0.185. The molecule has 33 heavy (non-hydrogen) atoms. The van der Waals surface area contributed by atoms with Crippen molar-refractivity contribution in [1.82, 2.24) is 9.78 Å². The fourth-order valence-corrected chi connectivity index (χ4v) is 3.72. The number of hydrogen-bond acceptors (Lipinski definition) is 3. The number of carbonyl (C=O) groups is 1. The van der Waals surface area contributed by atoms with Gasteiger partial charge in [0.1, 0.15) is 11.6 Å². The number of halogens is 1. The summed E-state index contributed by atoms with van der Waals surface area (Å²) in [5, 5.41) is 7.64. The number of para-hydroxylation sites is 1. The van der Waals surface area contributed by atoms with E-state index in [1.54, 1.807) is 16.8 Å². The van der Waals surface area contributed by atoms with Crippen molar-refractivity contribution in [3.05, 3.63) is 101 Å². The Hall–Kier alpha value is -3.93. The predicted molar refractivity (Wildman–Crippen MR) is 128 cm³/mol. The third-order valence-corrected chi connectivity index (χ3v) is 5.40. The number of ether oxygens (including phenoxy) is 1. The molecule has 6 heteroatoms. The SMILES string of the molecule is Cc1cccc(NC(=O)CCc2c(C)nn(-c3ccccc3C)c2Oc2cccc(F)c2)c1. The summed E-state index contributed by atoms with van der Waals surface area (Å²) in [5.74, 6) is 0.372. The topological polar surface area (TPSA) is 56.2 Å². The van der Waals surface area contributed by atoms with Crippen molar-refractivity contribution in [3.63, 3.8) is 0 Å². The van der Waals surface area contributed by atoms with Crippen molar-refractivity contribution in [3.8, 4) is 17.3 Å². The molecular formula is C27H26FN3O2. The number of carbonyl (C=O) groups excluding carboxylic acids is 1. The quantitative estimate of drug-likeness (QED) is 0.365. The van der Waals surface area contributed by atoms with Crippen LogP contribution in [-0.2, 0) is 11.2 Å². The molecule has 4 aromatic rings. The Kier molecular flexibility index (Phi) is 6.54. The Morgan fingerprint density at radius 1 is 1.00 bits per heavy atom. The Bertz CT molecular complexity index is 1300. The molecule has 168 valence electrons. The predicted octanol–water partition coefficient (Wildman–Crippen LogP) is 6.30. The van der Waals surface area contributed by atoms with Gasteiger partial charge < -0.3 is 10.1 Å². The Morgan fingerprint density at radius 3 is 2.55 bits per heavy atom. The Labute approximate surface area is 192 Å². The third-order valence-electron chi connectivity index (χ3n) is 5.40. The van der Waals surface area contributed by atoms with Gasteiger partial charge in [0.25, 0.3) is 0 Å². The van der Waals surface area contributed by atoms with E-state index in [-0.39, 0.29) is 18.1 Å². The van der Waals surface area contributed by atoms with E-state index in [1.165, 1.54) is 12.1 Å². The molecule has 5 nitrogen and oxygen atoms in total. The molecule has 0 atom stereocenters. The molecule has 0 bridgehead atoms. The summed E-state index contributed by atoms with van der Waals surface area (Å²) in [6.45, 7) is 5.86. The first-order valence-corrected chi connectivity index (χ1v) is 10.8. The molecule has 0 aliphatic heterocycles. The average molecular weight is 444 g/mol. The van der Waals surface area contributed by atoms with Crippen molar-refractivity contribution >= 4 is 11.6 Å². The van der Waals surface area contributed by atoms with Gasteiger partial charge in [-0.1, -0.05) is 36.4 Å². The van der Waals surface area contributed by atoms with E-state index in [2.05, 4.69) is 5.32 Å². The van der Waals surface area contributed by atoms with Crippen LogP contribution in [0.4, 0.5) is 10.1 Å². The third kappa shape index (κ3) is 5.29. The summed E-state index contributed by atoms with van der Waals surface area (Å²) in [6, 6.07) is 21.5. The van der Waals surface area contributed by atoms with Crippen molar-refractivity contribution in [2.45, 2.75) is 33.6 Å². The van der Waals surface area contributed by atoms with Gasteiger partial charge in [-0.2, -0.15) is 9.78 Å². The number of nitrogens with zero attached hydrogens (tertiary/aromatic N) is 2. The second-order valence-corrected chi connectivity index (χ2v) is 8.04. The van der Waals surface area contributed by atoms with Crippen molar-refractivity contribution in [2.75, 3.05) is 5.32 Å². The number of nitrogens with one attached hydrogen (secondary N) is 1. The lowest BCUT2D eigenvalue weighted by Crippen LogP contribution is -2.12. The second kappa shape index (κ2) is 9.69. The Morgan fingerprint density at radius 2 is 1.79 bits per heavy atom. The molecule has 0 aliphatic carbocycles. The molecule has 1 aromatic heterocycles. The average Bonchev–Trinajstić information content (AvgIpc) is 3.07. The smallest absolute Gasteiger partial charge is 0.226 e. The Balaban J connectivity index is 1.63.